The lowest BCUT2D eigenvalue weighted by molar-refractivity contribution is 0.708. The van der Waals surface area contributed by atoms with Gasteiger partial charge in [-0.05, 0) is 38.5 Å². The van der Waals surface area contributed by atoms with Gasteiger partial charge in [0.15, 0.2) is 5.96 Å². The number of nitrogens with two attached hydrogens (primary N) is 1. The molecule has 0 radical (unpaired) electrons. The van der Waals surface area contributed by atoms with Gasteiger partial charge >= 0.3 is 0 Å². The third-order valence-electron chi connectivity index (χ3n) is 3.25. The predicted molar refractivity (Wildman–Crippen MR) is 94.9 cm³/mol. The molecular formula is C15H18Cl2N4S. The Morgan fingerprint density at radius 2 is 2.14 bits per heavy atom. The van der Waals surface area contributed by atoms with E-state index in [1.165, 1.54) is 4.88 Å². The van der Waals surface area contributed by atoms with Crippen LogP contribution in [0.15, 0.2) is 23.2 Å². The maximum Gasteiger partial charge on any atom is 0.189 e. The molecule has 1 unspecified atom stereocenters. The number of nitrogens with zero attached hydrogens (tertiary/aromatic N) is 2. The van der Waals surface area contributed by atoms with Gasteiger partial charge in [0.25, 0.3) is 0 Å². The lowest BCUT2D eigenvalue weighted by Crippen LogP contribution is -2.34. The van der Waals surface area contributed by atoms with Crippen molar-refractivity contribution >= 4 is 40.5 Å². The third-order valence-corrected chi connectivity index (χ3v) is 4.87. The average Bonchev–Trinajstić information content (AvgIpc) is 2.75. The molecule has 0 aliphatic rings. The van der Waals surface area contributed by atoms with Crippen LogP contribution in [0, 0.1) is 13.8 Å². The fraction of sp³-hybridized carbons (Fsp3) is 0.333. The molecule has 0 bridgehead atoms. The van der Waals surface area contributed by atoms with E-state index in [-0.39, 0.29) is 6.04 Å². The number of hydrogen-bond donors (Lipinski definition) is 2. The summed E-state index contributed by atoms with van der Waals surface area (Å²) >= 11 is 13.7. The molecule has 1 heterocycles. The largest absolute Gasteiger partial charge is 0.370 e. The highest BCUT2D eigenvalue weighted by Crippen LogP contribution is 2.26. The maximum atomic E-state index is 6.19. The van der Waals surface area contributed by atoms with Crippen molar-refractivity contribution in [3.63, 3.8) is 0 Å². The average molecular weight is 357 g/mol. The zero-order valence-corrected chi connectivity index (χ0v) is 15.0. The highest BCUT2D eigenvalue weighted by molar-refractivity contribution is 7.11. The van der Waals surface area contributed by atoms with E-state index >= 15 is 0 Å². The molecule has 0 fully saturated rings. The van der Waals surface area contributed by atoms with Crippen molar-refractivity contribution in [2.45, 2.75) is 33.4 Å². The van der Waals surface area contributed by atoms with Crippen molar-refractivity contribution in [1.29, 1.82) is 0 Å². The zero-order chi connectivity index (χ0) is 16.3. The monoisotopic (exact) mass is 356 g/mol. The van der Waals surface area contributed by atoms with E-state index in [0.717, 1.165) is 16.3 Å². The second-order valence-corrected chi connectivity index (χ2v) is 7.11. The SMILES string of the molecule is Cc1nc(CN=C(N)NC(C)c2ccc(Cl)cc2Cl)sc1C. The minimum atomic E-state index is -0.0618. The minimum Gasteiger partial charge on any atom is -0.370 e. The van der Waals surface area contributed by atoms with Crippen LogP contribution in [0.25, 0.3) is 0 Å². The van der Waals surface area contributed by atoms with E-state index in [2.05, 4.69) is 15.3 Å². The molecule has 22 heavy (non-hydrogen) atoms. The first-order valence-electron chi connectivity index (χ1n) is 6.81. The second kappa shape index (κ2) is 7.31. The molecule has 0 aliphatic heterocycles. The van der Waals surface area contributed by atoms with Crippen molar-refractivity contribution in [2.24, 2.45) is 10.7 Å². The van der Waals surface area contributed by atoms with E-state index in [1.54, 1.807) is 23.5 Å². The summed E-state index contributed by atoms with van der Waals surface area (Å²) in [6, 6.07) is 5.33. The molecule has 118 valence electrons. The van der Waals surface area contributed by atoms with Crippen LogP contribution in [0.2, 0.25) is 10.0 Å². The molecule has 0 spiro atoms. The van der Waals surface area contributed by atoms with Crippen molar-refractivity contribution in [3.8, 4) is 0 Å². The van der Waals surface area contributed by atoms with Gasteiger partial charge < -0.3 is 11.1 Å². The van der Waals surface area contributed by atoms with E-state index < -0.39 is 0 Å². The number of thiazole rings is 1. The van der Waals surface area contributed by atoms with Gasteiger partial charge in [-0.25, -0.2) is 9.98 Å². The molecule has 2 aromatic rings. The fourth-order valence-electron chi connectivity index (χ4n) is 1.96. The summed E-state index contributed by atoms with van der Waals surface area (Å²) in [5, 5.41) is 5.29. The summed E-state index contributed by atoms with van der Waals surface area (Å²) in [7, 11) is 0. The normalized spacial score (nSPS) is 13.2. The smallest absolute Gasteiger partial charge is 0.189 e. The molecule has 0 saturated heterocycles. The van der Waals surface area contributed by atoms with Crippen molar-refractivity contribution < 1.29 is 0 Å². The maximum absolute atomic E-state index is 6.19. The van der Waals surface area contributed by atoms with Crippen LogP contribution in [0.1, 0.15) is 34.1 Å². The first kappa shape index (κ1) is 17.1. The molecule has 0 aliphatic carbocycles. The Kier molecular flexibility index (Phi) is 5.67. The Morgan fingerprint density at radius 3 is 2.73 bits per heavy atom. The zero-order valence-electron chi connectivity index (χ0n) is 12.7. The summed E-state index contributed by atoms with van der Waals surface area (Å²) in [6.45, 7) is 6.48. The first-order valence-corrected chi connectivity index (χ1v) is 8.38. The van der Waals surface area contributed by atoms with Gasteiger partial charge in [-0.3, -0.25) is 0 Å². The molecule has 3 N–H and O–H groups in total. The minimum absolute atomic E-state index is 0.0618. The van der Waals surface area contributed by atoms with Crippen LogP contribution < -0.4 is 11.1 Å². The molecule has 4 nitrogen and oxygen atoms in total. The van der Waals surface area contributed by atoms with Gasteiger partial charge in [0, 0.05) is 14.9 Å². The Morgan fingerprint density at radius 1 is 1.41 bits per heavy atom. The number of guanidine groups is 1. The number of aromatic nitrogens is 1. The second-order valence-electron chi connectivity index (χ2n) is 4.98. The van der Waals surface area contributed by atoms with Crippen LogP contribution >= 0.6 is 34.5 Å². The van der Waals surface area contributed by atoms with Crippen LogP contribution in [0.3, 0.4) is 0 Å². The molecule has 1 aromatic carbocycles. The number of aliphatic imine (C=N–C) groups is 1. The number of aryl methyl sites for hydroxylation is 2. The number of halogens is 2. The summed E-state index contributed by atoms with van der Waals surface area (Å²) in [5.41, 5.74) is 7.90. The Hall–Kier alpha value is -1.30. The number of nitrogens with one attached hydrogen (secondary N) is 1. The first-order chi connectivity index (χ1) is 10.4. The third kappa shape index (κ3) is 4.35. The van der Waals surface area contributed by atoms with Crippen molar-refractivity contribution in [1.82, 2.24) is 10.3 Å². The summed E-state index contributed by atoms with van der Waals surface area (Å²) < 4.78 is 0. The van der Waals surface area contributed by atoms with Crippen LogP contribution in [-0.2, 0) is 6.54 Å². The van der Waals surface area contributed by atoms with E-state index in [1.807, 2.05) is 26.8 Å². The van der Waals surface area contributed by atoms with Gasteiger partial charge in [0.05, 0.1) is 18.3 Å². The van der Waals surface area contributed by atoms with E-state index in [0.29, 0.717) is 22.5 Å². The Balaban J connectivity index is 2.01. The van der Waals surface area contributed by atoms with Gasteiger partial charge in [-0.2, -0.15) is 0 Å². The van der Waals surface area contributed by atoms with Gasteiger partial charge in [-0.1, -0.05) is 29.3 Å². The van der Waals surface area contributed by atoms with E-state index in [4.69, 9.17) is 28.9 Å². The molecule has 0 saturated carbocycles. The number of benzene rings is 1. The topological polar surface area (TPSA) is 63.3 Å². The van der Waals surface area contributed by atoms with Gasteiger partial charge in [0.1, 0.15) is 5.01 Å². The Labute approximate surface area is 144 Å². The van der Waals surface area contributed by atoms with Crippen LogP contribution in [0.4, 0.5) is 0 Å². The summed E-state index contributed by atoms with van der Waals surface area (Å²) in [5.74, 6) is 0.365. The number of hydrogen-bond acceptors (Lipinski definition) is 3. The predicted octanol–water partition coefficient (Wildman–Crippen LogP) is 4.23. The molecule has 0 amide bonds. The fourth-order valence-corrected chi connectivity index (χ4v) is 3.39. The van der Waals surface area contributed by atoms with Gasteiger partial charge in [-0.15, -0.1) is 11.3 Å². The quantitative estimate of drug-likeness (QED) is 0.636. The summed E-state index contributed by atoms with van der Waals surface area (Å²) in [4.78, 5) is 9.97. The Bertz CT molecular complexity index is 677. The molecule has 7 heteroatoms. The highest BCUT2D eigenvalue weighted by Gasteiger charge is 2.11. The number of rotatable bonds is 4. The molecular weight excluding hydrogens is 339 g/mol. The lowest BCUT2D eigenvalue weighted by atomic mass is 10.1. The van der Waals surface area contributed by atoms with Crippen molar-refractivity contribution in [2.75, 3.05) is 0 Å². The standard InChI is InChI=1S/C15H18Cl2N4S/c1-8-10(3)22-14(20-8)7-19-15(18)21-9(2)12-5-4-11(16)6-13(12)17/h4-6,9H,7H2,1-3H3,(H3,18,19,21). The van der Waals surface area contributed by atoms with Crippen LogP contribution in [0.5, 0.6) is 0 Å². The molecule has 1 atom stereocenters. The lowest BCUT2D eigenvalue weighted by Gasteiger charge is -2.16. The van der Waals surface area contributed by atoms with Crippen molar-refractivity contribution in [3.05, 3.63) is 49.4 Å². The van der Waals surface area contributed by atoms with Gasteiger partial charge in [0.2, 0.25) is 0 Å². The molecule has 2 rings (SSSR count). The molecule has 1 aromatic heterocycles. The highest BCUT2D eigenvalue weighted by atomic mass is 35.5. The van der Waals surface area contributed by atoms with Crippen LogP contribution in [-0.4, -0.2) is 10.9 Å². The van der Waals surface area contributed by atoms with E-state index in [9.17, 15) is 0 Å². The summed E-state index contributed by atoms with van der Waals surface area (Å²) in [6.07, 6.45) is 0.